The van der Waals surface area contributed by atoms with Crippen molar-refractivity contribution >= 4 is 10.0 Å². The molecule has 0 aliphatic carbocycles. The molecule has 7 nitrogen and oxygen atoms in total. The molecule has 2 aromatic rings. The molecule has 0 atom stereocenters. The van der Waals surface area contributed by atoms with Gasteiger partial charge in [0.1, 0.15) is 16.7 Å². The van der Waals surface area contributed by atoms with Crippen molar-refractivity contribution in [2.75, 3.05) is 19.7 Å². The van der Waals surface area contributed by atoms with Crippen molar-refractivity contribution in [3.05, 3.63) is 42.1 Å². The lowest BCUT2D eigenvalue weighted by Gasteiger charge is -2.31. The number of aryl methyl sites for hydroxylation is 1. The van der Waals surface area contributed by atoms with Gasteiger partial charge in [-0.2, -0.15) is 9.40 Å². The van der Waals surface area contributed by atoms with Crippen molar-refractivity contribution in [3.63, 3.8) is 0 Å². The smallest absolute Gasteiger partial charge is 0.246 e. The zero-order valence-electron chi connectivity index (χ0n) is 15.0. The molecule has 8 heteroatoms. The van der Waals surface area contributed by atoms with Crippen molar-refractivity contribution in [2.24, 2.45) is 0 Å². The van der Waals surface area contributed by atoms with E-state index in [9.17, 15) is 8.42 Å². The molecule has 26 heavy (non-hydrogen) atoms. The summed E-state index contributed by atoms with van der Waals surface area (Å²) in [6, 6.07) is 10.4. The minimum atomic E-state index is -3.59. The van der Waals surface area contributed by atoms with Crippen LogP contribution in [0.15, 0.2) is 41.3 Å². The quantitative estimate of drug-likeness (QED) is 0.769. The van der Waals surface area contributed by atoms with Crippen LogP contribution in [0, 0.1) is 6.92 Å². The molecule has 140 valence electrons. The Morgan fingerprint density at radius 3 is 2.50 bits per heavy atom. The number of hydrogen-bond acceptors (Lipinski definition) is 6. The highest BCUT2D eigenvalue weighted by molar-refractivity contribution is 7.89. The minimum absolute atomic E-state index is 0.0689. The van der Waals surface area contributed by atoms with Gasteiger partial charge in [-0.05, 0) is 44.9 Å². The van der Waals surface area contributed by atoms with E-state index in [-0.39, 0.29) is 11.0 Å². The zero-order valence-corrected chi connectivity index (χ0v) is 15.8. The van der Waals surface area contributed by atoms with E-state index in [1.165, 1.54) is 4.31 Å². The summed E-state index contributed by atoms with van der Waals surface area (Å²) in [5, 5.41) is 7.97. The third kappa shape index (κ3) is 4.13. The number of piperidine rings is 1. The number of aromatic nitrogens is 2. The maximum absolute atomic E-state index is 13.0. The van der Waals surface area contributed by atoms with Crippen LogP contribution in [-0.2, 0) is 10.0 Å². The summed E-state index contributed by atoms with van der Waals surface area (Å²) in [5.74, 6) is 0.863. The van der Waals surface area contributed by atoms with E-state index in [4.69, 9.17) is 9.47 Å². The van der Waals surface area contributed by atoms with Crippen molar-refractivity contribution < 1.29 is 17.9 Å². The number of benzene rings is 1. The predicted molar refractivity (Wildman–Crippen MR) is 96.8 cm³/mol. The lowest BCUT2D eigenvalue weighted by atomic mass is 10.1. The van der Waals surface area contributed by atoms with Gasteiger partial charge >= 0.3 is 0 Å². The standard InChI is InChI=1S/C18H23N3O4S/c1-3-24-16-6-4-5-7-17(16)26(22,23)21-12-10-15(11-13-21)25-18-9-8-14(2)19-20-18/h4-9,15H,3,10-13H2,1-2H3. The van der Waals surface area contributed by atoms with E-state index in [0.717, 1.165) is 5.69 Å². The first-order chi connectivity index (χ1) is 12.5. The highest BCUT2D eigenvalue weighted by Crippen LogP contribution is 2.29. The Kier molecular flexibility index (Phi) is 5.73. The molecule has 0 radical (unpaired) electrons. The Morgan fingerprint density at radius 2 is 1.85 bits per heavy atom. The summed E-state index contributed by atoms with van der Waals surface area (Å²) in [6.45, 7) is 4.90. The van der Waals surface area contributed by atoms with E-state index in [0.29, 0.717) is 44.2 Å². The molecule has 0 bridgehead atoms. The molecule has 0 unspecified atom stereocenters. The monoisotopic (exact) mass is 377 g/mol. The van der Waals surface area contributed by atoms with Gasteiger partial charge in [0.15, 0.2) is 0 Å². The van der Waals surface area contributed by atoms with Gasteiger partial charge in [-0.1, -0.05) is 12.1 Å². The first-order valence-corrected chi connectivity index (χ1v) is 10.1. The molecule has 0 saturated carbocycles. The molecule has 1 aromatic heterocycles. The third-order valence-corrected chi connectivity index (χ3v) is 6.17. The van der Waals surface area contributed by atoms with Crippen molar-refractivity contribution in [3.8, 4) is 11.6 Å². The maximum atomic E-state index is 13.0. The molecule has 1 aromatic carbocycles. The normalized spacial score (nSPS) is 16.4. The van der Waals surface area contributed by atoms with Crippen LogP contribution in [-0.4, -0.2) is 48.7 Å². The van der Waals surface area contributed by atoms with Crippen molar-refractivity contribution in [1.82, 2.24) is 14.5 Å². The molecular weight excluding hydrogens is 354 g/mol. The Labute approximate surface area is 154 Å². The Balaban J connectivity index is 1.66. The second-order valence-electron chi connectivity index (χ2n) is 6.11. The molecule has 1 aliphatic rings. The summed E-state index contributed by atoms with van der Waals surface area (Å²) < 4.78 is 38.7. The van der Waals surface area contributed by atoms with Crippen LogP contribution in [0.25, 0.3) is 0 Å². The van der Waals surface area contributed by atoms with Crippen molar-refractivity contribution in [1.29, 1.82) is 0 Å². The van der Waals surface area contributed by atoms with Gasteiger partial charge in [0.25, 0.3) is 0 Å². The average molecular weight is 377 g/mol. The van der Waals surface area contributed by atoms with Crippen LogP contribution in [0.4, 0.5) is 0 Å². The van der Waals surface area contributed by atoms with E-state index in [1.54, 1.807) is 30.3 Å². The van der Waals surface area contributed by atoms with Gasteiger partial charge in [-0.3, -0.25) is 0 Å². The summed E-state index contributed by atoms with van der Waals surface area (Å²) in [7, 11) is -3.59. The third-order valence-electron chi connectivity index (χ3n) is 4.23. The largest absolute Gasteiger partial charge is 0.492 e. The fourth-order valence-electron chi connectivity index (χ4n) is 2.89. The van der Waals surface area contributed by atoms with Gasteiger partial charge in [0.2, 0.25) is 15.9 Å². The second kappa shape index (κ2) is 8.01. The zero-order chi connectivity index (χ0) is 18.6. The van der Waals surface area contributed by atoms with Gasteiger partial charge < -0.3 is 9.47 Å². The molecule has 0 amide bonds. The topological polar surface area (TPSA) is 81.6 Å². The summed E-state index contributed by atoms with van der Waals surface area (Å²) >= 11 is 0. The fourth-order valence-corrected chi connectivity index (χ4v) is 4.49. The number of para-hydroxylation sites is 1. The summed E-state index contributed by atoms with van der Waals surface area (Å²) in [4.78, 5) is 0.214. The summed E-state index contributed by atoms with van der Waals surface area (Å²) in [6.07, 6.45) is 1.14. The highest BCUT2D eigenvalue weighted by atomic mass is 32.2. The van der Waals surface area contributed by atoms with Gasteiger partial charge in [-0.15, -0.1) is 5.10 Å². The average Bonchev–Trinajstić information content (AvgIpc) is 2.65. The molecule has 0 spiro atoms. The molecule has 1 aliphatic heterocycles. The van der Waals surface area contributed by atoms with Gasteiger partial charge in [-0.25, -0.2) is 8.42 Å². The molecule has 0 N–H and O–H groups in total. The van der Waals surface area contributed by atoms with Crippen LogP contribution < -0.4 is 9.47 Å². The van der Waals surface area contributed by atoms with Crippen molar-refractivity contribution in [2.45, 2.75) is 37.7 Å². The Bertz CT molecular complexity index is 832. The number of nitrogens with zero attached hydrogens (tertiary/aromatic N) is 3. The highest BCUT2D eigenvalue weighted by Gasteiger charge is 2.32. The van der Waals surface area contributed by atoms with Gasteiger partial charge in [0.05, 0.1) is 12.3 Å². The second-order valence-corrected chi connectivity index (χ2v) is 8.02. The Hall–Kier alpha value is -2.19. The maximum Gasteiger partial charge on any atom is 0.246 e. The van der Waals surface area contributed by atoms with Crippen LogP contribution >= 0.6 is 0 Å². The van der Waals surface area contributed by atoms with Crippen LogP contribution in [0.2, 0.25) is 0 Å². The minimum Gasteiger partial charge on any atom is -0.492 e. The number of sulfonamides is 1. The predicted octanol–water partition coefficient (Wildman–Crippen LogP) is 2.42. The van der Waals surface area contributed by atoms with E-state index in [1.807, 2.05) is 19.9 Å². The molecular formula is C18H23N3O4S. The molecule has 1 saturated heterocycles. The first-order valence-electron chi connectivity index (χ1n) is 8.69. The fraction of sp³-hybridized carbons (Fsp3) is 0.444. The number of hydrogen-bond donors (Lipinski definition) is 0. The lowest BCUT2D eigenvalue weighted by Crippen LogP contribution is -2.41. The SMILES string of the molecule is CCOc1ccccc1S(=O)(=O)N1CCC(Oc2ccc(C)nn2)CC1. The Morgan fingerprint density at radius 1 is 1.12 bits per heavy atom. The van der Waals surface area contributed by atoms with E-state index >= 15 is 0 Å². The van der Waals surface area contributed by atoms with Crippen LogP contribution in [0.5, 0.6) is 11.6 Å². The summed E-state index contributed by atoms with van der Waals surface area (Å²) in [5.41, 5.74) is 0.825. The van der Waals surface area contributed by atoms with Crippen LogP contribution in [0.1, 0.15) is 25.5 Å². The van der Waals surface area contributed by atoms with E-state index in [2.05, 4.69) is 10.2 Å². The van der Waals surface area contributed by atoms with E-state index < -0.39 is 10.0 Å². The molecule has 3 rings (SSSR count). The number of rotatable bonds is 6. The van der Waals surface area contributed by atoms with Crippen LogP contribution in [0.3, 0.4) is 0 Å². The first kappa shape index (κ1) is 18.6. The van der Waals surface area contributed by atoms with Gasteiger partial charge in [0, 0.05) is 19.2 Å². The number of ether oxygens (including phenoxy) is 2. The molecule has 2 heterocycles. The lowest BCUT2D eigenvalue weighted by molar-refractivity contribution is 0.128. The molecule has 1 fully saturated rings.